The van der Waals surface area contributed by atoms with E-state index in [2.05, 4.69) is 10.6 Å². The number of carbonyl (C=O) groups excluding carboxylic acids is 2. The van der Waals surface area contributed by atoms with Crippen LogP contribution >= 0.6 is 0 Å². The van der Waals surface area contributed by atoms with Crippen molar-refractivity contribution in [1.29, 1.82) is 0 Å². The summed E-state index contributed by atoms with van der Waals surface area (Å²) in [6.45, 7) is 7.55. The minimum Gasteiger partial charge on any atom is -0.343 e. The summed E-state index contributed by atoms with van der Waals surface area (Å²) in [5.74, 6) is -0.161. The topological polar surface area (TPSA) is 87.5 Å². The Labute approximate surface area is 115 Å². The SMILES string of the molecule is CC(N)CNC(C)C(=O)NC(C)C(=O)N1CCCC1. The lowest BCUT2D eigenvalue weighted by Crippen LogP contribution is -2.52. The molecule has 0 saturated carbocycles. The molecule has 1 rings (SSSR count). The second-order valence-corrected chi connectivity index (χ2v) is 5.37. The molecule has 110 valence electrons. The van der Waals surface area contributed by atoms with Gasteiger partial charge in [0.1, 0.15) is 6.04 Å². The van der Waals surface area contributed by atoms with Gasteiger partial charge in [-0.25, -0.2) is 0 Å². The number of carbonyl (C=O) groups is 2. The van der Waals surface area contributed by atoms with Crippen molar-refractivity contribution >= 4 is 11.8 Å². The molecule has 0 spiro atoms. The van der Waals surface area contributed by atoms with E-state index in [0.29, 0.717) is 6.54 Å². The molecule has 0 bridgehead atoms. The van der Waals surface area contributed by atoms with Crippen molar-refractivity contribution in [3.8, 4) is 0 Å². The molecule has 1 saturated heterocycles. The van der Waals surface area contributed by atoms with E-state index >= 15 is 0 Å². The van der Waals surface area contributed by atoms with E-state index in [9.17, 15) is 9.59 Å². The molecule has 6 nitrogen and oxygen atoms in total. The molecule has 1 aliphatic heterocycles. The highest BCUT2D eigenvalue weighted by Gasteiger charge is 2.25. The maximum absolute atomic E-state index is 12.0. The first kappa shape index (κ1) is 15.9. The molecule has 0 radical (unpaired) electrons. The lowest BCUT2D eigenvalue weighted by molar-refractivity contribution is -0.135. The van der Waals surface area contributed by atoms with E-state index in [4.69, 9.17) is 5.73 Å². The maximum atomic E-state index is 12.0. The van der Waals surface area contributed by atoms with E-state index in [0.717, 1.165) is 25.9 Å². The van der Waals surface area contributed by atoms with Crippen molar-refractivity contribution < 1.29 is 9.59 Å². The summed E-state index contributed by atoms with van der Waals surface area (Å²) in [7, 11) is 0. The molecule has 1 heterocycles. The van der Waals surface area contributed by atoms with Crippen molar-refractivity contribution in [3.05, 3.63) is 0 Å². The summed E-state index contributed by atoms with van der Waals surface area (Å²) in [6.07, 6.45) is 2.11. The molecular weight excluding hydrogens is 244 g/mol. The average Bonchev–Trinajstić information content (AvgIpc) is 2.88. The second kappa shape index (κ2) is 7.45. The smallest absolute Gasteiger partial charge is 0.244 e. The molecule has 1 fully saturated rings. The zero-order valence-corrected chi connectivity index (χ0v) is 12.1. The molecule has 3 atom stereocenters. The quantitative estimate of drug-likeness (QED) is 0.604. The molecule has 0 aromatic carbocycles. The minimum atomic E-state index is -0.467. The predicted molar refractivity (Wildman–Crippen MR) is 74.5 cm³/mol. The van der Waals surface area contributed by atoms with Gasteiger partial charge in [0, 0.05) is 25.7 Å². The average molecular weight is 270 g/mol. The third kappa shape index (κ3) is 5.16. The standard InChI is InChI=1S/C13H26N4O2/c1-9(14)8-15-10(2)12(18)16-11(3)13(19)17-6-4-5-7-17/h9-11,15H,4-8,14H2,1-3H3,(H,16,18). The van der Waals surface area contributed by atoms with Crippen LogP contribution in [0.3, 0.4) is 0 Å². The molecular formula is C13H26N4O2. The molecule has 19 heavy (non-hydrogen) atoms. The molecule has 4 N–H and O–H groups in total. The highest BCUT2D eigenvalue weighted by atomic mass is 16.2. The number of nitrogens with zero attached hydrogens (tertiary/aromatic N) is 1. The van der Waals surface area contributed by atoms with Gasteiger partial charge in [0.05, 0.1) is 6.04 Å². The van der Waals surface area contributed by atoms with Crippen molar-refractivity contribution in [2.75, 3.05) is 19.6 Å². The number of nitrogens with two attached hydrogens (primary N) is 1. The van der Waals surface area contributed by atoms with Crippen LogP contribution in [0.5, 0.6) is 0 Å². The van der Waals surface area contributed by atoms with Crippen LogP contribution in [0.25, 0.3) is 0 Å². The van der Waals surface area contributed by atoms with E-state index in [-0.39, 0.29) is 23.9 Å². The molecule has 2 amide bonds. The Balaban J connectivity index is 2.35. The zero-order valence-electron chi connectivity index (χ0n) is 12.1. The monoisotopic (exact) mass is 270 g/mol. The molecule has 0 aromatic rings. The summed E-state index contributed by atoms with van der Waals surface area (Å²) >= 11 is 0. The third-order valence-corrected chi connectivity index (χ3v) is 3.29. The van der Waals surface area contributed by atoms with Crippen LogP contribution < -0.4 is 16.4 Å². The first-order valence-electron chi connectivity index (χ1n) is 7.00. The van der Waals surface area contributed by atoms with Gasteiger partial charge in [0.2, 0.25) is 11.8 Å². The van der Waals surface area contributed by atoms with Crippen LogP contribution in [0.2, 0.25) is 0 Å². The Hall–Kier alpha value is -1.14. The fourth-order valence-electron chi connectivity index (χ4n) is 2.07. The minimum absolute atomic E-state index is 0.00101. The van der Waals surface area contributed by atoms with Crippen LogP contribution in [0, 0.1) is 0 Å². The Kier molecular flexibility index (Phi) is 6.24. The fourth-order valence-corrected chi connectivity index (χ4v) is 2.07. The molecule has 0 aliphatic carbocycles. The number of likely N-dealkylation sites (tertiary alicyclic amines) is 1. The van der Waals surface area contributed by atoms with E-state index in [1.807, 2.05) is 11.8 Å². The Morgan fingerprint density at radius 2 is 1.74 bits per heavy atom. The van der Waals surface area contributed by atoms with Crippen molar-refractivity contribution in [2.24, 2.45) is 5.73 Å². The third-order valence-electron chi connectivity index (χ3n) is 3.29. The number of amides is 2. The zero-order chi connectivity index (χ0) is 14.4. The molecule has 6 heteroatoms. The Morgan fingerprint density at radius 1 is 1.16 bits per heavy atom. The summed E-state index contributed by atoms with van der Waals surface area (Å²) in [5, 5.41) is 5.78. The lowest BCUT2D eigenvalue weighted by atomic mass is 10.2. The van der Waals surface area contributed by atoms with Gasteiger partial charge in [0.25, 0.3) is 0 Å². The van der Waals surface area contributed by atoms with Crippen molar-refractivity contribution in [2.45, 2.75) is 51.7 Å². The van der Waals surface area contributed by atoms with Gasteiger partial charge in [0.15, 0.2) is 0 Å². The molecule has 0 aromatic heterocycles. The number of hydrogen-bond acceptors (Lipinski definition) is 4. The van der Waals surface area contributed by atoms with Gasteiger partial charge in [-0.3, -0.25) is 9.59 Å². The molecule has 3 unspecified atom stereocenters. The highest BCUT2D eigenvalue weighted by molar-refractivity contribution is 5.89. The largest absolute Gasteiger partial charge is 0.343 e. The van der Waals surface area contributed by atoms with Crippen LogP contribution in [-0.4, -0.2) is 54.5 Å². The van der Waals surface area contributed by atoms with Gasteiger partial charge < -0.3 is 21.3 Å². The summed E-state index contributed by atoms with van der Waals surface area (Å²) < 4.78 is 0. The fraction of sp³-hybridized carbons (Fsp3) is 0.846. The van der Waals surface area contributed by atoms with Crippen LogP contribution in [0.4, 0.5) is 0 Å². The summed E-state index contributed by atoms with van der Waals surface area (Å²) in [4.78, 5) is 25.8. The Bertz CT molecular complexity index is 314. The van der Waals surface area contributed by atoms with Crippen molar-refractivity contribution in [3.63, 3.8) is 0 Å². The highest BCUT2D eigenvalue weighted by Crippen LogP contribution is 2.08. The lowest BCUT2D eigenvalue weighted by Gasteiger charge is -2.23. The van der Waals surface area contributed by atoms with Gasteiger partial charge in [-0.05, 0) is 33.6 Å². The van der Waals surface area contributed by atoms with E-state index in [1.165, 1.54) is 0 Å². The second-order valence-electron chi connectivity index (χ2n) is 5.37. The van der Waals surface area contributed by atoms with E-state index < -0.39 is 6.04 Å². The maximum Gasteiger partial charge on any atom is 0.244 e. The summed E-state index contributed by atoms with van der Waals surface area (Å²) in [5.41, 5.74) is 5.62. The van der Waals surface area contributed by atoms with Gasteiger partial charge in [-0.1, -0.05) is 0 Å². The first-order valence-corrected chi connectivity index (χ1v) is 7.00. The normalized spacial score (nSPS) is 19.9. The molecule has 1 aliphatic rings. The number of nitrogens with one attached hydrogen (secondary N) is 2. The van der Waals surface area contributed by atoms with E-state index in [1.54, 1.807) is 13.8 Å². The number of hydrogen-bond donors (Lipinski definition) is 3. The summed E-state index contributed by atoms with van der Waals surface area (Å²) in [6, 6.07) is -0.816. The van der Waals surface area contributed by atoms with Crippen LogP contribution in [-0.2, 0) is 9.59 Å². The van der Waals surface area contributed by atoms with Crippen LogP contribution in [0.15, 0.2) is 0 Å². The van der Waals surface area contributed by atoms with Gasteiger partial charge >= 0.3 is 0 Å². The Morgan fingerprint density at radius 3 is 2.26 bits per heavy atom. The first-order chi connectivity index (χ1) is 8.91. The predicted octanol–water partition coefficient (Wildman–Crippen LogP) is -0.561. The van der Waals surface area contributed by atoms with Crippen molar-refractivity contribution in [1.82, 2.24) is 15.5 Å². The van der Waals surface area contributed by atoms with Crippen LogP contribution in [0.1, 0.15) is 33.6 Å². The number of rotatable bonds is 6. The van der Waals surface area contributed by atoms with Gasteiger partial charge in [-0.15, -0.1) is 0 Å². The van der Waals surface area contributed by atoms with Gasteiger partial charge in [-0.2, -0.15) is 0 Å².